The second kappa shape index (κ2) is 5.13. The summed E-state index contributed by atoms with van der Waals surface area (Å²) in [5, 5.41) is 21.1. The molecule has 0 radical (unpaired) electrons. The number of hydrogen-bond donors (Lipinski definition) is 2. The first-order chi connectivity index (χ1) is 9.24. The molecule has 1 aliphatic carbocycles. The summed E-state index contributed by atoms with van der Waals surface area (Å²) in [5.74, 6) is 2.25. The minimum atomic E-state index is -0.100. The maximum atomic E-state index is 9.50. The number of aliphatic hydroxyl groups excluding tert-OH is 1. The number of nitrogens with zero attached hydrogens (tertiary/aromatic N) is 4. The van der Waals surface area contributed by atoms with E-state index < -0.39 is 0 Å². The third-order valence-corrected chi connectivity index (χ3v) is 3.87. The van der Waals surface area contributed by atoms with Gasteiger partial charge >= 0.3 is 0 Å². The summed E-state index contributed by atoms with van der Waals surface area (Å²) in [6.07, 6.45) is 7.49. The highest BCUT2D eigenvalue weighted by Gasteiger charge is 2.19. The van der Waals surface area contributed by atoms with Crippen LogP contribution >= 0.6 is 0 Å². The monoisotopic (exact) mass is 261 g/mol. The Bertz CT molecular complexity index is 559. The van der Waals surface area contributed by atoms with Crippen LogP contribution in [0.5, 0.6) is 0 Å². The molecule has 3 rings (SSSR count). The molecule has 1 fully saturated rings. The topological polar surface area (TPSA) is 75.3 Å². The van der Waals surface area contributed by atoms with Crippen molar-refractivity contribution < 1.29 is 5.11 Å². The van der Waals surface area contributed by atoms with Gasteiger partial charge in [-0.15, -0.1) is 10.2 Å². The lowest BCUT2D eigenvalue weighted by atomic mass is 9.87. The molecule has 0 bridgehead atoms. The van der Waals surface area contributed by atoms with Crippen LogP contribution < -0.4 is 5.32 Å². The Morgan fingerprint density at radius 3 is 2.89 bits per heavy atom. The number of aryl methyl sites for hydroxylation is 1. The van der Waals surface area contributed by atoms with Crippen LogP contribution in [0, 0.1) is 12.8 Å². The van der Waals surface area contributed by atoms with Crippen LogP contribution in [0.25, 0.3) is 5.65 Å². The summed E-state index contributed by atoms with van der Waals surface area (Å²) in [4.78, 5) is 4.34. The molecule has 2 aromatic rings. The predicted octanol–water partition coefficient (Wildman–Crippen LogP) is 1.40. The summed E-state index contributed by atoms with van der Waals surface area (Å²) < 4.78 is 1.93. The fourth-order valence-corrected chi connectivity index (χ4v) is 2.66. The molecule has 0 spiro atoms. The molecule has 0 atom stereocenters. The van der Waals surface area contributed by atoms with Crippen molar-refractivity contribution in [2.24, 2.45) is 5.92 Å². The van der Waals surface area contributed by atoms with Crippen molar-refractivity contribution in [3.8, 4) is 0 Å². The van der Waals surface area contributed by atoms with Gasteiger partial charge in [-0.1, -0.05) is 0 Å². The third kappa shape index (κ3) is 2.53. The molecule has 0 amide bonds. The predicted molar refractivity (Wildman–Crippen MR) is 72.0 cm³/mol. The standard InChI is InChI=1S/C13H19N5O/c1-9-16-17-13-12(14-6-7-18(9)13)15-8-10-2-4-11(19)5-3-10/h6-7,10-11,19H,2-5,8H2,1H3,(H,14,15). The van der Waals surface area contributed by atoms with Crippen molar-refractivity contribution in [2.75, 3.05) is 11.9 Å². The molecule has 0 aromatic carbocycles. The van der Waals surface area contributed by atoms with E-state index in [1.165, 1.54) is 0 Å². The number of nitrogens with one attached hydrogen (secondary N) is 1. The van der Waals surface area contributed by atoms with Gasteiger partial charge in [-0.05, 0) is 38.5 Å². The Morgan fingerprint density at radius 2 is 2.11 bits per heavy atom. The Balaban J connectivity index is 1.68. The molecular weight excluding hydrogens is 242 g/mol. The van der Waals surface area contributed by atoms with E-state index in [-0.39, 0.29) is 6.10 Å². The fraction of sp³-hybridized carbons (Fsp3) is 0.615. The van der Waals surface area contributed by atoms with Crippen molar-refractivity contribution in [3.05, 3.63) is 18.2 Å². The van der Waals surface area contributed by atoms with Crippen molar-refractivity contribution in [1.29, 1.82) is 0 Å². The Morgan fingerprint density at radius 1 is 1.32 bits per heavy atom. The first-order valence-electron chi connectivity index (χ1n) is 6.82. The summed E-state index contributed by atoms with van der Waals surface area (Å²) >= 11 is 0. The smallest absolute Gasteiger partial charge is 0.203 e. The van der Waals surface area contributed by atoms with Gasteiger partial charge in [0.25, 0.3) is 0 Å². The Labute approximate surface area is 111 Å². The second-order valence-electron chi connectivity index (χ2n) is 5.27. The molecule has 6 nitrogen and oxygen atoms in total. The van der Waals surface area contributed by atoms with Crippen LogP contribution in [0.2, 0.25) is 0 Å². The second-order valence-corrected chi connectivity index (χ2v) is 5.27. The molecule has 2 aromatic heterocycles. The van der Waals surface area contributed by atoms with Gasteiger partial charge in [-0.25, -0.2) is 4.98 Å². The number of anilines is 1. The normalized spacial score (nSPS) is 23.7. The lowest BCUT2D eigenvalue weighted by Crippen LogP contribution is -2.24. The van der Waals surface area contributed by atoms with Gasteiger partial charge < -0.3 is 10.4 Å². The van der Waals surface area contributed by atoms with E-state index in [1.807, 2.05) is 17.5 Å². The number of hydrogen-bond acceptors (Lipinski definition) is 5. The highest BCUT2D eigenvalue weighted by atomic mass is 16.3. The maximum absolute atomic E-state index is 9.50. The summed E-state index contributed by atoms with van der Waals surface area (Å²) in [5.41, 5.74) is 0.774. The molecular formula is C13H19N5O. The Kier molecular flexibility index (Phi) is 3.33. The SMILES string of the molecule is Cc1nnc2c(NCC3CCC(O)CC3)nccn12. The highest BCUT2D eigenvalue weighted by Crippen LogP contribution is 2.24. The quantitative estimate of drug-likeness (QED) is 0.873. The third-order valence-electron chi connectivity index (χ3n) is 3.87. The summed E-state index contributed by atoms with van der Waals surface area (Å²) in [6.45, 7) is 2.80. The van der Waals surface area contributed by atoms with E-state index in [0.717, 1.165) is 49.5 Å². The van der Waals surface area contributed by atoms with E-state index in [1.54, 1.807) is 6.20 Å². The first kappa shape index (κ1) is 12.3. The molecule has 2 heterocycles. The van der Waals surface area contributed by atoms with Crippen molar-refractivity contribution >= 4 is 11.5 Å². The molecule has 1 saturated carbocycles. The van der Waals surface area contributed by atoms with Gasteiger partial charge in [-0.2, -0.15) is 0 Å². The van der Waals surface area contributed by atoms with E-state index in [0.29, 0.717) is 5.92 Å². The van der Waals surface area contributed by atoms with Crippen LogP contribution in [-0.4, -0.2) is 37.3 Å². The van der Waals surface area contributed by atoms with Crippen molar-refractivity contribution in [2.45, 2.75) is 38.7 Å². The lowest BCUT2D eigenvalue weighted by Gasteiger charge is -2.25. The van der Waals surface area contributed by atoms with Gasteiger partial charge in [0.15, 0.2) is 5.82 Å². The molecule has 102 valence electrons. The van der Waals surface area contributed by atoms with Gasteiger partial charge in [0.2, 0.25) is 5.65 Å². The maximum Gasteiger partial charge on any atom is 0.203 e. The van der Waals surface area contributed by atoms with Crippen molar-refractivity contribution in [1.82, 2.24) is 19.6 Å². The van der Waals surface area contributed by atoms with Gasteiger partial charge in [-0.3, -0.25) is 4.40 Å². The van der Waals surface area contributed by atoms with Crippen LogP contribution in [0.15, 0.2) is 12.4 Å². The molecule has 19 heavy (non-hydrogen) atoms. The average Bonchev–Trinajstić information content (AvgIpc) is 2.81. The molecule has 1 aliphatic rings. The van der Waals surface area contributed by atoms with E-state index in [2.05, 4.69) is 20.5 Å². The largest absolute Gasteiger partial charge is 0.393 e. The minimum absolute atomic E-state index is 0.100. The van der Waals surface area contributed by atoms with Crippen LogP contribution in [0.1, 0.15) is 31.5 Å². The molecule has 0 aliphatic heterocycles. The molecule has 0 unspecified atom stereocenters. The Hall–Kier alpha value is -1.69. The summed E-state index contributed by atoms with van der Waals surface area (Å²) in [7, 11) is 0. The average molecular weight is 261 g/mol. The zero-order valence-corrected chi connectivity index (χ0v) is 11.1. The number of aliphatic hydroxyl groups is 1. The number of rotatable bonds is 3. The summed E-state index contributed by atoms with van der Waals surface area (Å²) in [6, 6.07) is 0. The molecule has 6 heteroatoms. The van der Waals surface area contributed by atoms with Gasteiger partial charge in [0.05, 0.1) is 6.10 Å². The zero-order chi connectivity index (χ0) is 13.2. The van der Waals surface area contributed by atoms with Gasteiger partial charge in [0.1, 0.15) is 5.82 Å². The lowest BCUT2D eigenvalue weighted by molar-refractivity contribution is 0.111. The van der Waals surface area contributed by atoms with E-state index >= 15 is 0 Å². The molecule has 0 saturated heterocycles. The highest BCUT2D eigenvalue weighted by molar-refractivity contribution is 5.61. The zero-order valence-electron chi connectivity index (χ0n) is 11.1. The van der Waals surface area contributed by atoms with Crippen LogP contribution in [-0.2, 0) is 0 Å². The number of fused-ring (bicyclic) bond motifs is 1. The van der Waals surface area contributed by atoms with E-state index in [9.17, 15) is 5.11 Å². The van der Waals surface area contributed by atoms with Crippen LogP contribution in [0.3, 0.4) is 0 Å². The van der Waals surface area contributed by atoms with E-state index in [4.69, 9.17) is 0 Å². The fourth-order valence-electron chi connectivity index (χ4n) is 2.66. The number of aromatic nitrogens is 4. The first-order valence-corrected chi connectivity index (χ1v) is 6.82. The van der Waals surface area contributed by atoms with Gasteiger partial charge in [0, 0.05) is 18.9 Å². The molecule has 2 N–H and O–H groups in total. The van der Waals surface area contributed by atoms with Crippen LogP contribution in [0.4, 0.5) is 5.82 Å². The minimum Gasteiger partial charge on any atom is -0.393 e. The van der Waals surface area contributed by atoms with Crippen molar-refractivity contribution in [3.63, 3.8) is 0 Å².